The van der Waals surface area contributed by atoms with Crippen molar-refractivity contribution in [1.82, 2.24) is 4.90 Å². The van der Waals surface area contributed by atoms with Crippen LogP contribution >= 0.6 is 0 Å². The first-order valence-corrected chi connectivity index (χ1v) is 7.95. The zero-order valence-electron chi connectivity index (χ0n) is 12.8. The van der Waals surface area contributed by atoms with Crippen LogP contribution in [0.1, 0.15) is 44.6 Å². The van der Waals surface area contributed by atoms with Gasteiger partial charge in [-0.2, -0.15) is 0 Å². The minimum Gasteiger partial charge on any atom is -0.508 e. The lowest BCUT2D eigenvalue weighted by Gasteiger charge is -2.37. The van der Waals surface area contributed by atoms with Gasteiger partial charge in [0.2, 0.25) is 5.91 Å². The number of rotatable bonds is 5. The van der Waals surface area contributed by atoms with Gasteiger partial charge in [0.15, 0.2) is 0 Å². The van der Waals surface area contributed by atoms with E-state index in [0.717, 1.165) is 37.8 Å². The molecule has 4 heteroatoms. The van der Waals surface area contributed by atoms with Crippen molar-refractivity contribution in [1.29, 1.82) is 0 Å². The van der Waals surface area contributed by atoms with E-state index in [1.165, 1.54) is 6.42 Å². The van der Waals surface area contributed by atoms with Gasteiger partial charge in [-0.25, -0.2) is 0 Å². The zero-order valence-corrected chi connectivity index (χ0v) is 12.8. The van der Waals surface area contributed by atoms with Crippen LogP contribution in [0.2, 0.25) is 0 Å². The third kappa shape index (κ3) is 4.21. The van der Waals surface area contributed by atoms with Crippen LogP contribution < -0.4 is 5.73 Å². The van der Waals surface area contributed by atoms with Crippen LogP contribution in [0.15, 0.2) is 24.3 Å². The Kier molecular flexibility index (Phi) is 5.62. The number of phenolic OH excluding ortho intramolecular Hbond substituents is 1. The molecule has 1 amide bonds. The Morgan fingerprint density at radius 2 is 2.10 bits per heavy atom. The molecule has 0 spiro atoms. The van der Waals surface area contributed by atoms with Gasteiger partial charge in [0.05, 0.1) is 6.04 Å². The highest BCUT2D eigenvalue weighted by atomic mass is 16.3. The molecule has 2 atom stereocenters. The molecule has 0 aliphatic carbocycles. The fourth-order valence-corrected chi connectivity index (χ4v) is 3.11. The number of nitrogens with two attached hydrogens (primary N) is 1. The minimum absolute atomic E-state index is 0.0706. The Morgan fingerprint density at radius 1 is 1.38 bits per heavy atom. The number of hydrogen-bond donors (Lipinski definition) is 2. The molecule has 0 bridgehead atoms. The highest BCUT2D eigenvalue weighted by Gasteiger charge is 2.29. The fourth-order valence-electron chi connectivity index (χ4n) is 3.11. The van der Waals surface area contributed by atoms with Crippen LogP contribution in [0.3, 0.4) is 0 Å². The van der Waals surface area contributed by atoms with Gasteiger partial charge in [0.1, 0.15) is 5.75 Å². The molecule has 1 aromatic carbocycles. The van der Waals surface area contributed by atoms with E-state index in [4.69, 9.17) is 5.73 Å². The lowest BCUT2D eigenvalue weighted by molar-refractivity contribution is -0.136. The maximum absolute atomic E-state index is 12.6. The Morgan fingerprint density at radius 3 is 2.76 bits per heavy atom. The second kappa shape index (κ2) is 7.46. The molecule has 0 saturated carbocycles. The van der Waals surface area contributed by atoms with E-state index in [0.29, 0.717) is 12.5 Å². The normalized spacial score (nSPS) is 20.3. The maximum Gasteiger partial charge on any atom is 0.240 e. The number of hydrogen-bond acceptors (Lipinski definition) is 3. The minimum atomic E-state index is -0.494. The molecule has 3 N–H and O–H groups in total. The molecule has 1 fully saturated rings. The summed E-state index contributed by atoms with van der Waals surface area (Å²) in [5, 5.41) is 9.29. The number of amides is 1. The molecule has 1 unspecified atom stereocenters. The number of piperidine rings is 1. The number of aromatic hydroxyl groups is 1. The molecule has 1 aliphatic heterocycles. The summed E-state index contributed by atoms with van der Waals surface area (Å²) >= 11 is 0. The highest BCUT2D eigenvalue weighted by molar-refractivity contribution is 5.82. The van der Waals surface area contributed by atoms with E-state index in [1.54, 1.807) is 12.1 Å². The number of carbonyl (C=O) groups excluding carboxylic acids is 1. The van der Waals surface area contributed by atoms with Crippen molar-refractivity contribution in [3.63, 3.8) is 0 Å². The van der Waals surface area contributed by atoms with Crippen LogP contribution in [0.25, 0.3) is 0 Å². The molecule has 21 heavy (non-hydrogen) atoms. The van der Waals surface area contributed by atoms with Gasteiger partial charge in [0, 0.05) is 12.6 Å². The van der Waals surface area contributed by atoms with Gasteiger partial charge >= 0.3 is 0 Å². The van der Waals surface area contributed by atoms with E-state index in [2.05, 4.69) is 6.92 Å². The predicted octanol–water partition coefficient (Wildman–Crippen LogP) is 2.44. The van der Waals surface area contributed by atoms with Gasteiger partial charge in [-0.1, -0.05) is 25.5 Å². The molecule has 116 valence electrons. The van der Waals surface area contributed by atoms with Crippen LogP contribution in [0.4, 0.5) is 0 Å². The first-order chi connectivity index (χ1) is 10.1. The summed E-state index contributed by atoms with van der Waals surface area (Å²) in [7, 11) is 0. The van der Waals surface area contributed by atoms with Crippen molar-refractivity contribution in [2.75, 3.05) is 6.54 Å². The largest absolute Gasteiger partial charge is 0.508 e. The second-order valence-corrected chi connectivity index (χ2v) is 5.95. The lowest BCUT2D eigenvalue weighted by atomic mass is 9.96. The van der Waals surface area contributed by atoms with E-state index < -0.39 is 6.04 Å². The summed E-state index contributed by atoms with van der Waals surface area (Å²) in [5.74, 6) is 0.305. The first-order valence-electron chi connectivity index (χ1n) is 7.95. The van der Waals surface area contributed by atoms with Gasteiger partial charge in [0.25, 0.3) is 0 Å². The van der Waals surface area contributed by atoms with Crippen molar-refractivity contribution < 1.29 is 9.90 Å². The van der Waals surface area contributed by atoms with Crippen molar-refractivity contribution in [3.05, 3.63) is 29.8 Å². The van der Waals surface area contributed by atoms with Crippen molar-refractivity contribution in [3.8, 4) is 5.75 Å². The van der Waals surface area contributed by atoms with E-state index in [9.17, 15) is 9.90 Å². The first kappa shape index (κ1) is 15.8. The van der Waals surface area contributed by atoms with Gasteiger partial charge in [-0.3, -0.25) is 4.79 Å². The smallest absolute Gasteiger partial charge is 0.240 e. The summed E-state index contributed by atoms with van der Waals surface area (Å²) in [6.07, 6.45) is 6.08. The van der Waals surface area contributed by atoms with Crippen LogP contribution in [0.5, 0.6) is 5.75 Å². The molecule has 1 aromatic rings. The lowest BCUT2D eigenvalue weighted by Crippen LogP contribution is -2.51. The number of benzene rings is 1. The molecular formula is C17H26N2O2. The standard InChI is InChI=1S/C17H26N2O2/c1-2-5-14-6-3-4-11-19(14)17(21)16(18)12-13-7-9-15(20)10-8-13/h7-10,14,16,20H,2-6,11-12,18H2,1H3/t14?,16-/m1/s1. The fraction of sp³-hybridized carbons (Fsp3) is 0.588. The average molecular weight is 290 g/mol. The third-order valence-electron chi connectivity index (χ3n) is 4.24. The molecule has 0 aromatic heterocycles. The molecule has 1 heterocycles. The zero-order chi connectivity index (χ0) is 15.2. The molecule has 1 saturated heterocycles. The summed E-state index contributed by atoms with van der Waals surface area (Å²) in [4.78, 5) is 14.6. The van der Waals surface area contributed by atoms with Crippen molar-refractivity contribution in [2.24, 2.45) is 5.73 Å². The summed E-state index contributed by atoms with van der Waals surface area (Å²) in [6.45, 7) is 3.00. The summed E-state index contributed by atoms with van der Waals surface area (Å²) in [6, 6.07) is 6.78. The van der Waals surface area contributed by atoms with E-state index in [1.807, 2.05) is 17.0 Å². The summed E-state index contributed by atoms with van der Waals surface area (Å²) < 4.78 is 0. The van der Waals surface area contributed by atoms with Crippen LogP contribution in [-0.2, 0) is 11.2 Å². The highest BCUT2D eigenvalue weighted by Crippen LogP contribution is 2.22. The molecule has 0 radical (unpaired) electrons. The number of carbonyl (C=O) groups is 1. The second-order valence-electron chi connectivity index (χ2n) is 5.95. The van der Waals surface area contributed by atoms with E-state index >= 15 is 0 Å². The molecule has 1 aliphatic rings. The van der Waals surface area contributed by atoms with Crippen LogP contribution in [0, 0.1) is 0 Å². The van der Waals surface area contributed by atoms with Crippen LogP contribution in [-0.4, -0.2) is 34.5 Å². The van der Waals surface area contributed by atoms with Crippen molar-refractivity contribution >= 4 is 5.91 Å². The monoisotopic (exact) mass is 290 g/mol. The Bertz CT molecular complexity index is 456. The van der Waals surface area contributed by atoms with Crippen molar-refractivity contribution in [2.45, 2.75) is 57.5 Å². The number of phenols is 1. The number of likely N-dealkylation sites (tertiary alicyclic amines) is 1. The van der Waals surface area contributed by atoms with E-state index in [-0.39, 0.29) is 11.7 Å². The summed E-state index contributed by atoms with van der Waals surface area (Å²) in [5.41, 5.74) is 7.11. The quantitative estimate of drug-likeness (QED) is 0.875. The van der Waals surface area contributed by atoms with Gasteiger partial charge < -0.3 is 15.7 Å². The predicted molar refractivity (Wildman–Crippen MR) is 84.0 cm³/mol. The van der Waals surface area contributed by atoms with Gasteiger partial charge in [-0.05, 0) is 49.8 Å². The Balaban J connectivity index is 1.98. The topological polar surface area (TPSA) is 66.6 Å². The van der Waals surface area contributed by atoms with Gasteiger partial charge in [-0.15, -0.1) is 0 Å². The molecule has 2 rings (SSSR count). The maximum atomic E-state index is 12.6. The SMILES string of the molecule is CCCC1CCCCN1C(=O)[C@H](N)Cc1ccc(O)cc1. The Labute approximate surface area is 126 Å². The molecular weight excluding hydrogens is 264 g/mol. The number of nitrogens with zero attached hydrogens (tertiary/aromatic N) is 1. The Hall–Kier alpha value is -1.55. The average Bonchev–Trinajstić information content (AvgIpc) is 2.50. The molecule has 4 nitrogen and oxygen atoms in total. The third-order valence-corrected chi connectivity index (χ3v) is 4.24.